The molecule has 0 rings (SSSR count). The van der Waals surface area contributed by atoms with Gasteiger partial charge in [0.2, 0.25) is 5.91 Å². The molecule has 4 N–H and O–H groups in total. The van der Waals surface area contributed by atoms with Gasteiger partial charge in [0.05, 0.1) is 17.9 Å². The van der Waals surface area contributed by atoms with Crippen LogP contribution in [0.2, 0.25) is 0 Å². The van der Waals surface area contributed by atoms with Crippen molar-refractivity contribution in [2.75, 3.05) is 5.75 Å². The third-order valence-corrected chi connectivity index (χ3v) is 9.43. The zero-order chi connectivity index (χ0) is 34.9. The van der Waals surface area contributed by atoms with Crippen LogP contribution in [-0.2, 0) is 14.9 Å². The van der Waals surface area contributed by atoms with Gasteiger partial charge in [-0.3, -0.25) is 9.35 Å². The van der Waals surface area contributed by atoms with Crippen LogP contribution in [0.3, 0.4) is 0 Å². The highest BCUT2D eigenvalue weighted by Gasteiger charge is 2.27. The van der Waals surface area contributed by atoms with Crippen molar-refractivity contribution in [3.8, 4) is 0 Å². The van der Waals surface area contributed by atoms with Crippen LogP contribution in [0.5, 0.6) is 0 Å². The first-order valence-corrected chi connectivity index (χ1v) is 20.9. The molecule has 0 fully saturated rings. The number of nitrogens with one attached hydrogen (secondary N) is 1. The van der Waals surface area contributed by atoms with Crippen molar-refractivity contribution in [3.63, 3.8) is 0 Å². The maximum absolute atomic E-state index is 12.5. The molecule has 276 valence electrons. The standard InChI is InChI=1S/C39H73NO6S/c1-3-5-7-9-11-13-14-15-16-17-18-19-20-21-22-23-24-26-28-30-32-34-38(42)39(43)40-36(35-47(44,45)46)37(41)33-31-29-27-25-12-10-8-6-4-2/h12,20-21,25,31,33,36-38,41-42H,3-11,13-19,22-24,26-30,32,34-35H2,1-2H3,(H,40,43)(H,44,45,46)/b21-20-,25-12+,33-31+. The monoisotopic (exact) mass is 684 g/mol. The second-order valence-electron chi connectivity index (χ2n) is 13.3. The minimum Gasteiger partial charge on any atom is -0.387 e. The first-order chi connectivity index (χ1) is 22.7. The molecule has 0 aliphatic carbocycles. The highest BCUT2D eigenvalue weighted by atomic mass is 32.2. The molecule has 3 atom stereocenters. The summed E-state index contributed by atoms with van der Waals surface area (Å²) in [5, 5.41) is 23.2. The second-order valence-corrected chi connectivity index (χ2v) is 14.8. The molecule has 3 unspecified atom stereocenters. The van der Waals surface area contributed by atoms with E-state index in [2.05, 4.69) is 43.5 Å². The molecular formula is C39H73NO6S. The van der Waals surface area contributed by atoms with Gasteiger partial charge in [0, 0.05) is 0 Å². The van der Waals surface area contributed by atoms with Crippen molar-refractivity contribution in [1.82, 2.24) is 5.32 Å². The summed E-state index contributed by atoms with van der Waals surface area (Å²) in [4.78, 5) is 12.5. The Morgan fingerprint density at radius 2 is 0.957 bits per heavy atom. The molecule has 0 aliphatic rings. The Hall–Kier alpha value is -1.48. The summed E-state index contributed by atoms with van der Waals surface area (Å²) in [6.45, 7) is 4.44. The molecule has 0 spiro atoms. The van der Waals surface area contributed by atoms with Gasteiger partial charge >= 0.3 is 0 Å². The lowest BCUT2D eigenvalue weighted by atomic mass is 10.0. The minimum absolute atomic E-state index is 0.267. The number of aliphatic hydroxyl groups excluding tert-OH is 2. The Balaban J connectivity index is 3.98. The highest BCUT2D eigenvalue weighted by molar-refractivity contribution is 7.85. The van der Waals surface area contributed by atoms with Crippen LogP contribution in [-0.4, -0.2) is 53.1 Å². The SMILES string of the molecule is CCCCC/C=C/CC/C=C/C(O)C(CS(=O)(=O)O)NC(=O)C(O)CCCCCCCC/C=C\CCCCCCCCCCCCC. The van der Waals surface area contributed by atoms with E-state index >= 15 is 0 Å². The molecule has 0 bridgehead atoms. The van der Waals surface area contributed by atoms with Crippen LogP contribution >= 0.6 is 0 Å². The first-order valence-electron chi connectivity index (χ1n) is 19.3. The number of carbonyl (C=O) groups excluding carboxylic acids is 1. The molecule has 0 radical (unpaired) electrons. The molecular weight excluding hydrogens is 610 g/mol. The lowest BCUT2D eigenvalue weighted by Gasteiger charge is -2.22. The zero-order valence-corrected chi connectivity index (χ0v) is 31.1. The van der Waals surface area contributed by atoms with Gasteiger partial charge in [-0.25, -0.2) is 0 Å². The molecule has 0 aromatic heterocycles. The first kappa shape index (κ1) is 45.5. The van der Waals surface area contributed by atoms with Crippen molar-refractivity contribution in [1.29, 1.82) is 0 Å². The quantitative estimate of drug-likeness (QED) is 0.0304. The maximum atomic E-state index is 12.5. The summed E-state index contributed by atoms with van der Waals surface area (Å²) in [5.74, 6) is -1.57. The number of unbranched alkanes of at least 4 members (excludes halogenated alkanes) is 21. The van der Waals surface area contributed by atoms with E-state index in [1.54, 1.807) is 6.08 Å². The highest BCUT2D eigenvalue weighted by Crippen LogP contribution is 2.14. The molecule has 0 saturated carbocycles. The van der Waals surface area contributed by atoms with E-state index in [4.69, 9.17) is 0 Å². The van der Waals surface area contributed by atoms with Crippen LogP contribution in [0.4, 0.5) is 0 Å². The smallest absolute Gasteiger partial charge is 0.267 e. The summed E-state index contributed by atoms with van der Waals surface area (Å²) in [6, 6.07) is -1.25. The summed E-state index contributed by atoms with van der Waals surface area (Å²) >= 11 is 0. The van der Waals surface area contributed by atoms with Crippen molar-refractivity contribution in [3.05, 3.63) is 36.5 Å². The largest absolute Gasteiger partial charge is 0.387 e. The van der Waals surface area contributed by atoms with Gasteiger partial charge in [-0.2, -0.15) is 8.42 Å². The predicted octanol–water partition coefficient (Wildman–Crippen LogP) is 9.93. The predicted molar refractivity (Wildman–Crippen MR) is 199 cm³/mol. The molecule has 47 heavy (non-hydrogen) atoms. The zero-order valence-electron chi connectivity index (χ0n) is 30.3. The van der Waals surface area contributed by atoms with Gasteiger partial charge in [-0.05, 0) is 57.8 Å². The Morgan fingerprint density at radius 1 is 0.574 bits per heavy atom. The number of hydrogen-bond donors (Lipinski definition) is 4. The fraction of sp³-hybridized carbons (Fsp3) is 0.821. The average molecular weight is 684 g/mol. The van der Waals surface area contributed by atoms with Crippen LogP contribution in [0.25, 0.3) is 0 Å². The lowest BCUT2D eigenvalue weighted by molar-refractivity contribution is -0.130. The summed E-state index contributed by atoms with van der Waals surface area (Å²) in [7, 11) is -4.44. The van der Waals surface area contributed by atoms with Gasteiger partial charge in [0.25, 0.3) is 10.1 Å². The fourth-order valence-corrected chi connectivity index (χ4v) is 6.38. The van der Waals surface area contributed by atoms with Gasteiger partial charge in [0.1, 0.15) is 6.10 Å². The maximum Gasteiger partial charge on any atom is 0.267 e. The Labute approximate surface area is 289 Å². The summed E-state index contributed by atoms with van der Waals surface area (Å²) in [5.41, 5.74) is 0. The second kappa shape index (κ2) is 33.0. The molecule has 0 heterocycles. The third-order valence-electron chi connectivity index (χ3n) is 8.65. The minimum atomic E-state index is -4.44. The number of allylic oxidation sites excluding steroid dienone is 5. The topological polar surface area (TPSA) is 124 Å². The van der Waals surface area contributed by atoms with Gasteiger partial charge < -0.3 is 15.5 Å². The molecule has 0 aromatic rings. The fourth-order valence-electron chi connectivity index (χ4n) is 5.64. The van der Waals surface area contributed by atoms with Crippen molar-refractivity contribution in [2.24, 2.45) is 0 Å². The van der Waals surface area contributed by atoms with E-state index in [1.165, 1.54) is 115 Å². The Bertz CT molecular complexity index is 901. The number of amides is 1. The number of aliphatic hydroxyl groups is 2. The van der Waals surface area contributed by atoms with Crippen LogP contribution in [0.1, 0.15) is 181 Å². The normalized spacial score (nSPS) is 14.4. The summed E-state index contributed by atoms with van der Waals surface area (Å²) in [6.07, 6.45) is 39.4. The lowest BCUT2D eigenvalue weighted by Crippen LogP contribution is -2.50. The van der Waals surface area contributed by atoms with Crippen LogP contribution < -0.4 is 5.32 Å². The number of rotatable bonds is 34. The molecule has 0 aliphatic heterocycles. The number of carbonyl (C=O) groups is 1. The van der Waals surface area contributed by atoms with Crippen LogP contribution in [0.15, 0.2) is 36.5 Å². The van der Waals surface area contributed by atoms with E-state index in [0.29, 0.717) is 12.8 Å². The van der Waals surface area contributed by atoms with E-state index in [-0.39, 0.29) is 6.42 Å². The Kier molecular flexibility index (Phi) is 32.0. The van der Waals surface area contributed by atoms with Gasteiger partial charge in [0.15, 0.2) is 0 Å². The Morgan fingerprint density at radius 3 is 1.45 bits per heavy atom. The summed E-state index contributed by atoms with van der Waals surface area (Å²) < 4.78 is 32.3. The van der Waals surface area contributed by atoms with E-state index < -0.39 is 40.0 Å². The van der Waals surface area contributed by atoms with Gasteiger partial charge in [-0.1, -0.05) is 159 Å². The number of hydrogen-bond acceptors (Lipinski definition) is 5. The molecule has 7 nitrogen and oxygen atoms in total. The third kappa shape index (κ3) is 32.8. The molecule has 1 amide bonds. The van der Waals surface area contributed by atoms with Gasteiger partial charge in [-0.15, -0.1) is 0 Å². The van der Waals surface area contributed by atoms with Crippen LogP contribution in [0, 0.1) is 0 Å². The molecule has 8 heteroatoms. The molecule has 0 aromatic carbocycles. The van der Waals surface area contributed by atoms with E-state index in [9.17, 15) is 28.0 Å². The van der Waals surface area contributed by atoms with Crippen molar-refractivity contribution >= 4 is 16.0 Å². The van der Waals surface area contributed by atoms with E-state index in [1.807, 2.05) is 0 Å². The van der Waals surface area contributed by atoms with Crippen molar-refractivity contribution < 1.29 is 28.0 Å². The average Bonchev–Trinajstić information content (AvgIpc) is 3.03. The van der Waals surface area contributed by atoms with E-state index in [0.717, 1.165) is 38.5 Å². The van der Waals surface area contributed by atoms with Crippen molar-refractivity contribution in [2.45, 2.75) is 199 Å². The molecule has 0 saturated heterocycles.